The second kappa shape index (κ2) is 8.00. The topological polar surface area (TPSA) is 105 Å². The lowest BCUT2D eigenvalue weighted by Gasteiger charge is -2.06. The van der Waals surface area contributed by atoms with Crippen LogP contribution in [0.2, 0.25) is 5.02 Å². The van der Waals surface area contributed by atoms with E-state index in [-0.39, 0.29) is 15.7 Å². The van der Waals surface area contributed by atoms with Gasteiger partial charge in [0.2, 0.25) is 0 Å². The Morgan fingerprint density at radius 3 is 2.56 bits per heavy atom. The quantitative estimate of drug-likeness (QED) is 0.565. The van der Waals surface area contributed by atoms with Crippen LogP contribution in [0.4, 0.5) is 0 Å². The number of ether oxygens (including phenoxy) is 1. The van der Waals surface area contributed by atoms with E-state index < -0.39 is 22.6 Å². The number of carbonyl (C=O) groups is 1. The summed E-state index contributed by atoms with van der Waals surface area (Å²) in [7, 11) is -3.75. The van der Waals surface area contributed by atoms with E-state index in [9.17, 15) is 13.2 Å². The summed E-state index contributed by atoms with van der Waals surface area (Å²) in [5.41, 5.74) is 1.46. The predicted octanol–water partition coefficient (Wildman–Crippen LogP) is 2.42. The number of carboxylic acids is 1. The van der Waals surface area contributed by atoms with Crippen LogP contribution in [0.15, 0.2) is 52.5 Å². The fraction of sp³-hybridized carbons (Fsp3) is 0.125. The number of hydrogen-bond donors (Lipinski definition) is 2. The molecule has 0 aliphatic heterocycles. The zero-order valence-electron chi connectivity index (χ0n) is 13.1. The van der Waals surface area contributed by atoms with Crippen LogP contribution < -0.4 is 9.57 Å². The van der Waals surface area contributed by atoms with Gasteiger partial charge >= 0.3 is 5.97 Å². The van der Waals surface area contributed by atoms with Gasteiger partial charge in [-0.15, -0.1) is 0 Å². The van der Waals surface area contributed by atoms with Crippen molar-refractivity contribution in [1.29, 1.82) is 0 Å². The number of hydrogen-bond acceptors (Lipinski definition) is 5. The van der Waals surface area contributed by atoms with Crippen LogP contribution in [0.1, 0.15) is 11.1 Å². The third-order valence-electron chi connectivity index (χ3n) is 3.02. The number of hydrazone groups is 1. The first-order chi connectivity index (χ1) is 11.8. The van der Waals surface area contributed by atoms with Crippen LogP contribution in [0, 0.1) is 6.92 Å². The highest BCUT2D eigenvalue weighted by Gasteiger charge is 2.11. The third kappa shape index (κ3) is 5.47. The molecule has 7 nitrogen and oxygen atoms in total. The van der Waals surface area contributed by atoms with Gasteiger partial charge in [0.1, 0.15) is 5.75 Å². The average molecular weight is 383 g/mol. The second-order valence-electron chi connectivity index (χ2n) is 5.04. The van der Waals surface area contributed by atoms with Gasteiger partial charge in [0.05, 0.1) is 16.1 Å². The Kier molecular flexibility index (Phi) is 6.00. The molecule has 25 heavy (non-hydrogen) atoms. The Hall–Kier alpha value is -2.58. The first-order valence-corrected chi connectivity index (χ1v) is 8.90. The van der Waals surface area contributed by atoms with E-state index in [1.807, 2.05) is 6.92 Å². The van der Waals surface area contributed by atoms with Crippen molar-refractivity contribution >= 4 is 33.8 Å². The molecule has 0 saturated heterocycles. The number of aliphatic carboxylic acids is 1. The van der Waals surface area contributed by atoms with Crippen molar-refractivity contribution in [3.63, 3.8) is 0 Å². The van der Waals surface area contributed by atoms with Gasteiger partial charge in [-0.3, -0.25) is 0 Å². The maximum atomic E-state index is 12.1. The lowest BCUT2D eigenvalue weighted by Crippen LogP contribution is -2.18. The molecule has 0 aliphatic carbocycles. The zero-order valence-corrected chi connectivity index (χ0v) is 14.7. The largest absolute Gasteiger partial charge is 0.480 e. The first kappa shape index (κ1) is 18.8. The molecule has 2 aromatic rings. The molecule has 0 radical (unpaired) electrons. The molecule has 0 bridgehead atoms. The first-order valence-electron chi connectivity index (χ1n) is 7.03. The molecule has 132 valence electrons. The summed E-state index contributed by atoms with van der Waals surface area (Å²) in [6, 6.07) is 10.9. The molecule has 0 saturated carbocycles. The molecule has 0 unspecified atom stereocenters. The van der Waals surface area contributed by atoms with E-state index in [2.05, 4.69) is 9.93 Å². The van der Waals surface area contributed by atoms with Crippen molar-refractivity contribution in [2.24, 2.45) is 5.10 Å². The summed E-state index contributed by atoms with van der Waals surface area (Å²) in [4.78, 5) is 12.7. The third-order valence-corrected chi connectivity index (χ3v) is 4.56. The Labute approximate surface area is 149 Å². The standard InChI is InChI=1S/C16H15ClN2O5S/c1-11-2-5-13(6-3-11)25(22,23)19-18-9-12-4-7-15(14(17)8-12)24-10-16(20)21/h2-9,19H,10H2,1H3,(H,20,21)/b18-9+. The summed E-state index contributed by atoms with van der Waals surface area (Å²) in [6.07, 6.45) is 1.28. The molecule has 0 aliphatic rings. The van der Waals surface area contributed by atoms with E-state index in [1.54, 1.807) is 18.2 Å². The molecule has 2 rings (SSSR count). The summed E-state index contributed by atoms with van der Waals surface area (Å²) in [6.45, 7) is 1.35. The molecule has 2 aromatic carbocycles. The minimum atomic E-state index is -3.75. The highest BCUT2D eigenvalue weighted by molar-refractivity contribution is 7.89. The number of rotatable bonds is 7. The predicted molar refractivity (Wildman–Crippen MR) is 93.7 cm³/mol. The van der Waals surface area contributed by atoms with Crippen molar-refractivity contribution in [2.75, 3.05) is 6.61 Å². The molecule has 0 heterocycles. The lowest BCUT2D eigenvalue weighted by molar-refractivity contribution is -0.139. The monoisotopic (exact) mass is 382 g/mol. The fourth-order valence-corrected chi connectivity index (χ4v) is 2.83. The minimum absolute atomic E-state index is 0.103. The van der Waals surface area contributed by atoms with Gasteiger partial charge in [0, 0.05) is 0 Å². The molecule has 9 heteroatoms. The molecule has 0 fully saturated rings. The molecule has 0 spiro atoms. The number of sulfonamides is 1. The number of carboxylic acid groups (broad SMARTS) is 1. The van der Waals surface area contributed by atoms with Crippen molar-refractivity contribution in [1.82, 2.24) is 4.83 Å². The van der Waals surface area contributed by atoms with Gasteiger partial charge in [0.15, 0.2) is 6.61 Å². The number of nitrogens with zero attached hydrogens (tertiary/aromatic N) is 1. The smallest absolute Gasteiger partial charge is 0.341 e. The van der Waals surface area contributed by atoms with Crippen molar-refractivity contribution in [3.8, 4) is 5.75 Å². The number of nitrogens with one attached hydrogen (secondary N) is 1. The number of aryl methyl sites for hydroxylation is 1. The Morgan fingerprint density at radius 1 is 1.28 bits per heavy atom. The van der Waals surface area contributed by atoms with Crippen LogP contribution in [0.3, 0.4) is 0 Å². The van der Waals surface area contributed by atoms with Crippen molar-refractivity contribution < 1.29 is 23.1 Å². The van der Waals surface area contributed by atoms with Gasteiger partial charge in [0.25, 0.3) is 10.0 Å². The van der Waals surface area contributed by atoms with Crippen LogP contribution in [0.25, 0.3) is 0 Å². The summed E-state index contributed by atoms with van der Waals surface area (Å²) in [5.74, 6) is -0.909. The Morgan fingerprint density at radius 2 is 1.96 bits per heavy atom. The maximum Gasteiger partial charge on any atom is 0.341 e. The van der Waals surface area contributed by atoms with E-state index in [0.29, 0.717) is 5.56 Å². The minimum Gasteiger partial charge on any atom is -0.480 e. The molecule has 2 N–H and O–H groups in total. The molecule has 0 amide bonds. The van der Waals surface area contributed by atoms with Gasteiger partial charge in [-0.05, 0) is 42.8 Å². The summed E-state index contributed by atoms with van der Waals surface area (Å²) >= 11 is 5.97. The SMILES string of the molecule is Cc1ccc(S(=O)(=O)N/N=C/c2ccc(OCC(=O)O)c(Cl)c2)cc1. The molecular weight excluding hydrogens is 368 g/mol. The second-order valence-corrected chi connectivity index (χ2v) is 7.11. The van der Waals surface area contributed by atoms with E-state index in [1.165, 1.54) is 30.5 Å². The van der Waals surface area contributed by atoms with Crippen molar-refractivity contribution in [3.05, 3.63) is 58.6 Å². The maximum absolute atomic E-state index is 12.1. The summed E-state index contributed by atoms with van der Waals surface area (Å²) in [5, 5.41) is 12.5. The lowest BCUT2D eigenvalue weighted by atomic mass is 10.2. The molecule has 0 atom stereocenters. The number of halogens is 1. The van der Waals surface area contributed by atoms with Crippen LogP contribution in [0.5, 0.6) is 5.75 Å². The van der Waals surface area contributed by atoms with Crippen LogP contribution >= 0.6 is 11.6 Å². The zero-order chi connectivity index (χ0) is 18.4. The Balaban J connectivity index is 2.05. The molecule has 0 aromatic heterocycles. The normalized spacial score (nSPS) is 11.4. The van der Waals surface area contributed by atoms with Crippen LogP contribution in [-0.2, 0) is 14.8 Å². The van der Waals surface area contributed by atoms with Crippen molar-refractivity contribution in [2.45, 2.75) is 11.8 Å². The van der Waals surface area contributed by atoms with Gasteiger partial charge in [-0.1, -0.05) is 29.3 Å². The van der Waals surface area contributed by atoms with Gasteiger partial charge in [-0.2, -0.15) is 13.5 Å². The van der Waals surface area contributed by atoms with Crippen LogP contribution in [-0.4, -0.2) is 32.3 Å². The Bertz CT molecular complexity index is 895. The van der Waals surface area contributed by atoms with E-state index in [0.717, 1.165) is 5.56 Å². The van der Waals surface area contributed by atoms with Gasteiger partial charge in [-0.25, -0.2) is 9.63 Å². The highest BCUT2D eigenvalue weighted by atomic mass is 35.5. The van der Waals surface area contributed by atoms with Gasteiger partial charge < -0.3 is 9.84 Å². The summed E-state index contributed by atoms with van der Waals surface area (Å²) < 4.78 is 29.1. The fourth-order valence-electron chi connectivity index (χ4n) is 1.79. The average Bonchev–Trinajstić information content (AvgIpc) is 2.54. The van der Waals surface area contributed by atoms with E-state index in [4.69, 9.17) is 21.4 Å². The highest BCUT2D eigenvalue weighted by Crippen LogP contribution is 2.24. The van der Waals surface area contributed by atoms with E-state index >= 15 is 0 Å². The molecular formula is C16H15ClN2O5S. The number of benzene rings is 2.